The normalized spacial score (nSPS) is 11.2. The molecule has 0 saturated carbocycles. The molecule has 0 spiro atoms. The molecule has 2 heterocycles. The number of hydrogen-bond donors (Lipinski definition) is 1. The van der Waals surface area contributed by atoms with Gasteiger partial charge >= 0.3 is 5.97 Å². The fourth-order valence-corrected chi connectivity index (χ4v) is 3.41. The molecule has 3 rings (SSSR count). The third-order valence-corrected chi connectivity index (χ3v) is 4.84. The molecular weight excluding hydrogens is 331 g/mol. The Morgan fingerprint density at radius 2 is 2.14 bits per heavy atom. The second-order valence-electron chi connectivity index (χ2n) is 5.21. The Morgan fingerprint density at radius 3 is 2.81 bits per heavy atom. The zero-order valence-corrected chi connectivity index (χ0v) is 13.9. The summed E-state index contributed by atoms with van der Waals surface area (Å²) in [4.78, 5) is 19.8. The highest BCUT2D eigenvalue weighted by Gasteiger charge is 2.21. The first-order valence-corrected chi connectivity index (χ1v) is 7.40. The summed E-state index contributed by atoms with van der Waals surface area (Å²) in [5.41, 5.74) is 5.20. The van der Waals surface area contributed by atoms with Crippen molar-refractivity contribution in [3.63, 3.8) is 0 Å². The smallest absolute Gasteiger partial charge is 0.337 e. The number of carbonyl (C=O) groups is 1. The highest BCUT2D eigenvalue weighted by Crippen LogP contribution is 2.33. The summed E-state index contributed by atoms with van der Waals surface area (Å²) < 4.78 is 5.81. The number of methoxy groups -OCH3 is 1. The number of nitrogens with one attached hydrogen (secondary N) is 1. The molecule has 0 aliphatic heterocycles. The Balaban J connectivity index is 2.53. The molecule has 21 heavy (non-hydrogen) atoms. The van der Waals surface area contributed by atoms with E-state index in [0.717, 1.165) is 43.0 Å². The van der Waals surface area contributed by atoms with Crippen LogP contribution in [0.5, 0.6) is 0 Å². The molecule has 0 atom stereocenters. The molecule has 6 heteroatoms. The van der Waals surface area contributed by atoms with E-state index in [4.69, 9.17) is 4.74 Å². The van der Waals surface area contributed by atoms with E-state index >= 15 is 0 Å². The van der Waals surface area contributed by atoms with Gasteiger partial charge < -0.3 is 9.72 Å². The standard InChI is InChI=1S/C15H14BBrN2O2/c1-6-4-8-10-12(17)11(16)9(15(20)21-3)7(2)13(10)19-14(8)18-5-6/h4-5H,16H2,1-3H3,(H,18,19). The number of fused-ring (bicyclic) bond motifs is 3. The van der Waals surface area contributed by atoms with Crippen LogP contribution in [0.1, 0.15) is 21.5 Å². The van der Waals surface area contributed by atoms with Crippen LogP contribution < -0.4 is 5.46 Å². The van der Waals surface area contributed by atoms with Gasteiger partial charge in [0.25, 0.3) is 0 Å². The van der Waals surface area contributed by atoms with Gasteiger partial charge in [0.2, 0.25) is 0 Å². The lowest BCUT2D eigenvalue weighted by Gasteiger charge is -2.12. The number of aryl methyl sites for hydroxylation is 2. The monoisotopic (exact) mass is 344 g/mol. The predicted molar refractivity (Wildman–Crippen MR) is 90.3 cm³/mol. The maximum atomic E-state index is 12.0. The van der Waals surface area contributed by atoms with Crippen LogP contribution in [0.15, 0.2) is 16.7 Å². The number of pyridine rings is 1. The van der Waals surface area contributed by atoms with Crippen molar-refractivity contribution in [3.05, 3.63) is 33.4 Å². The molecule has 0 aliphatic rings. The summed E-state index contributed by atoms with van der Waals surface area (Å²) in [6.45, 7) is 3.94. The molecule has 0 amide bonds. The van der Waals surface area contributed by atoms with Crippen LogP contribution in [0.25, 0.3) is 21.9 Å². The van der Waals surface area contributed by atoms with Crippen molar-refractivity contribution in [2.75, 3.05) is 7.11 Å². The van der Waals surface area contributed by atoms with E-state index < -0.39 is 0 Å². The van der Waals surface area contributed by atoms with Gasteiger partial charge in [-0.05, 0) is 31.0 Å². The summed E-state index contributed by atoms with van der Waals surface area (Å²) in [7, 11) is 3.32. The van der Waals surface area contributed by atoms with Crippen LogP contribution >= 0.6 is 15.9 Å². The number of benzene rings is 1. The average molecular weight is 345 g/mol. The van der Waals surface area contributed by atoms with Gasteiger partial charge in [-0.1, -0.05) is 21.4 Å². The summed E-state index contributed by atoms with van der Waals surface area (Å²) in [6, 6.07) is 2.10. The summed E-state index contributed by atoms with van der Waals surface area (Å²) >= 11 is 3.63. The minimum Gasteiger partial charge on any atom is -0.465 e. The summed E-state index contributed by atoms with van der Waals surface area (Å²) in [5.74, 6) is -0.324. The number of esters is 1. The topological polar surface area (TPSA) is 55.0 Å². The Bertz CT molecular complexity index is 902. The summed E-state index contributed by atoms with van der Waals surface area (Å²) in [5, 5.41) is 2.11. The first kappa shape index (κ1) is 14.1. The molecule has 0 aliphatic carbocycles. The minimum absolute atomic E-state index is 0.324. The number of carbonyl (C=O) groups excluding carboxylic acids is 1. The largest absolute Gasteiger partial charge is 0.465 e. The van der Waals surface area contributed by atoms with Crippen molar-refractivity contribution >= 4 is 57.1 Å². The molecule has 0 unspecified atom stereocenters. The number of halogens is 1. The number of rotatable bonds is 1. The van der Waals surface area contributed by atoms with Crippen molar-refractivity contribution in [1.29, 1.82) is 0 Å². The molecule has 0 radical (unpaired) electrons. The molecule has 1 aromatic carbocycles. The highest BCUT2D eigenvalue weighted by molar-refractivity contribution is 9.10. The lowest BCUT2D eigenvalue weighted by molar-refractivity contribution is 0.0601. The molecular formula is C15H14BBrN2O2. The number of hydrogen-bond acceptors (Lipinski definition) is 3. The van der Waals surface area contributed by atoms with Gasteiger partial charge in [0.15, 0.2) is 0 Å². The van der Waals surface area contributed by atoms with E-state index in [1.54, 1.807) is 0 Å². The van der Waals surface area contributed by atoms with Gasteiger partial charge in [0.05, 0.1) is 18.2 Å². The van der Waals surface area contributed by atoms with Crippen molar-refractivity contribution in [3.8, 4) is 0 Å². The van der Waals surface area contributed by atoms with E-state index in [1.807, 2.05) is 27.9 Å². The van der Waals surface area contributed by atoms with Crippen LogP contribution in [-0.4, -0.2) is 30.9 Å². The lowest BCUT2D eigenvalue weighted by Crippen LogP contribution is -2.20. The Hall–Kier alpha value is -1.82. The number of aromatic amines is 1. The van der Waals surface area contributed by atoms with Crippen LogP contribution in [0.4, 0.5) is 0 Å². The van der Waals surface area contributed by atoms with Crippen molar-refractivity contribution in [2.45, 2.75) is 13.8 Å². The van der Waals surface area contributed by atoms with Crippen LogP contribution in [0.2, 0.25) is 0 Å². The maximum Gasteiger partial charge on any atom is 0.337 e. The Morgan fingerprint density at radius 1 is 1.43 bits per heavy atom. The second-order valence-corrected chi connectivity index (χ2v) is 6.01. The van der Waals surface area contributed by atoms with E-state index in [1.165, 1.54) is 7.11 Å². The Labute approximate surface area is 131 Å². The van der Waals surface area contributed by atoms with Crippen molar-refractivity contribution < 1.29 is 9.53 Å². The zero-order chi connectivity index (χ0) is 15.3. The molecule has 0 saturated heterocycles. The van der Waals surface area contributed by atoms with Crippen LogP contribution in [0.3, 0.4) is 0 Å². The first-order chi connectivity index (χ1) is 9.95. The van der Waals surface area contributed by atoms with Gasteiger partial charge in [-0.3, -0.25) is 0 Å². The van der Waals surface area contributed by atoms with E-state index in [0.29, 0.717) is 5.56 Å². The van der Waals surface area contributed by atoms with Crippen LogP contribution in [-0.2, 0) is 4.74 Å². The number of aromatic nitrogens is 2. The van der Waals surface area contributed by atoms with Gasteiger partial charge in [0.1, 0.15) is 13.5 Å². The Kier molecular flexibility index (Phi) is 3.28. The molecule has 3 aromatic rings. The second kappa shape index (κ2) is 4.88. The minimum atomic E-state index is -0.324. The third-order valence-electron chi connectivity index (χ3n) is 3.85. The molecule has 1 N–H and O–H groups in total. The van der Waals surface area contributed by atoms with E-state index in [9.17, 15) is 4.79 Å². The van der Waals surface area contributed by atoms with Gasteiger partial charge in [0, 0.05) is 21.4 Å². The van der Waals surface area contributed by atoms with E-state index in [-0.39, 0.29) is 5.97 Å². The predicted octanol–water partition coefficient (Wildman–Crippen LogP) is 2.14. The third kappa shape index (κ3) is 1.97. The quantitative estimate of drug-likeness (QED) is 0.543. The number of ether oxygens (including phenoxy) is 1. The number of nitrogens with zero attached hydrogens (tertiary/aromatic N) is 1. The molecule has 0 fully saturated rings. The van der Waals surface area contributed by atoms with Gasteiger partial charge in [-0.15, -0.1) is 0 Å². The molecule has 2 aromatic heterocycles. The van der Waals surface area contributed by atoms with Crippen molar-refractivity contribution in [1.82, 2.24) is 9.97 Å². The lowest BCUT2D eigenvalue weighted by atomic mass is 9.86. The van der Waals surface area contributed by atoms with Crippen molar-refractivity contribution in [2.24, 2.45) is 0 Å². The fraction of sp³-hybridized carbons (Fsp3) is 0.200. The molecule has 0 bridgehead atoms. The van der Waals surface area contributed by atoms with E-state index in [2.05, 4.69) is 32.0 Å². The highest BCUT2D eigenvalue weighted by atomic mass is 79.9. The van der Waals surface area contributed by atoms with Crippen LogP contribution in [0, 0.1) is 13.8 Å². The number of H-pyrrole nitrogens is 1. The maximum absolute atomic E-state index is 12.0. The molecule has 106 valence electrons. The van der Waals surface area contributed by atoms with Gasteiger partial charge in [-0.25, -0.2) is 9.78 Å². The zero-order valence-electron chi connectivity index (χ0n) is 12.3. The SMILES string of the molecule is Bc1c(C(=O)OC)c(C)c2[nH]c3ncc(C)cc3c2c1Br. The van der Waals surface area contributed by atoms with Gasteiger partial charge in [-0.2, -0.15) is 0 Å². The fourth-order valence-electron chi connectivity index (χ4n) is 2.80. The first-order valence-electron chi connectivity index (χ1n) is 6.60. The average Bonchev–Trinajstić information content (AvgIpc) is 2.83. The molecule has 4 nitrogen and oxygen atoms in total. The summed E-state index contributed by atoms with van der Waals surface area (Å²) in [6.07, 6.45) is 1.83.